The molecule has 0 heterocycles. The molecule has 0 N–H and O–H groups in total. The summed E-state index contributed by atoms with van der Waals surface area (Å²) >= 11 is 0. The Bertz CT molecular complexity index is 782. The molecule has 0 amide bonds. The molecule has 0 aliphatic rings. The van der Waals surface area contributed by atoms with Gasteiger partial charge < -0.3 is 4.90 Å². The van der Waals surface area contributed by atoms with Gasteiger partial charge in [-0.25, -0.2) is 0 Å². The molecule has 0 saturated carbocycles. The van der Waals surface area contributed by atoms with Crippen molar-refractivity contribution in [2.24, 2.45) is 14.8 Å². The Morgan fingerprint density at radius 1 is 0.818 bits per heavy atom. The van der Waals surface area contributed by atoms with Crippen LogP contribution in [0.5, 0.6) is 0 Å². The lowest BCUT2D eigenvalue weighted by atomic mass is 10.3. The molecule has 2 rings (SSSR count). The second-order valence-corrected chi connectivity index (χ2v) is 6.22. The van der Waals surface area contributed by atoms with E-state index in [9.17, 15) is 13.3 Å². The third kappa shape index (κ3) is 3.73. The fourth-order valence-corrected chi connectivity index (χ4v) is 2.23. The highest BCUT2D eigenvalue weighted by molar-refractivity contribution is 7.90. The van der Waals surface area contributed by atoms with Crippen molar-refractivity contribution in [2.45, 2.75) is 4.90 Å². The molecular formula is C14H14N4O3S. The van der Waals surface area contributed by atoms with Crippen LogP contribution in [0.2, 0.25) is 0 Å². The zero-order chi connectivity index (χ0) is 16.2. The van der Waals surface area contributed by atoms with Gasteiger partial charge in [0.2, 0.25) is 0 Å². The van der Waals surface area contributed by atoms with E-state index in [1.165, 1.54) is 24.3 Å². The number of benzene rings is 2. The predicted octanol–water partition coefficient (Wildman–Crippen LogP) is 3.62. The highest BCUT2D eigenvalue weighted by Gasteiger charge is 2.13. The van der Waals surface area contributed by atoms with Crippen molar-refractivity contribution in [1.29, 1.82) is 0 Å². The Labute approximate surface area is 128 Å². The van der Waals surface area contributed by atoms with Crippen LogP contribution in [0.3, 0.4) is 0 Å². The smallest absolute Gasteiger partial charge is 0.316 e. The number of anilines is 1. The largest absolute Gasteiger partial charge is 0.378 e. The van der Waals surface area contributed by atoms with E-state index in [4.69, 9.17) is 0 Å². The van der Waals surface area contributed by atoms with Crippen molar-refractivity contribution in [3.63, 3.8) is 0 Å². The molecule has 0 aromatic heterocycles. The number of hydrogen-bond donors (Lipinski definition) is 0. The maximum Gasteiger partial charge on any atom is 0.316 e. The first-order valence-electron chi connectivity index (χ1n) is 6.31. The fraction of sp³-hybridized carbons (Fsp3) is 0.143. The highest BCUT2D eigenvalue weighted by atomic mass is 32.2. The predicted molar refractivity (Wildman–Crippen MR) is 84.4 cm³/mol. The van der Waals surface area contributed by atoms with Gasteiger partial charge in [0.15, 0.2) is 0 Å². The van der Waals surface area contributed by atoms with Gasteiger partial charge in [-0.2, -0.15) is 18.6 Å². The molecule has 0 bridgehead atoms. The minimum Gasteiger partial charge on any atom is -0.378 e. The first kappa shape index (κ1) is 15.8. The molecule has 0 aliphatic heterocycles. The number of nitrogens with zero attached hydrogens (tertiary/aromatic N) is 4. The summed E-state index contributed by atoms with van der Waals surface area (Å²) in [6, 6.07) is 12.9. The number of nitroso groups, excluding NO2 is 1. The van der Waals surface area contributed by atoms with E-state index in [2.05, 4.69) is 14.8 Å². The molecule has 0 spiro atoms. The van der Waals surface area contributed by atoms with Crippen LogP contribution in [-0.2, 0) is 10.0 Å². The van der Waals surface area contributed by atoms with E-state index >= 15 is 0 Å². The van der Waals surface area contributed by atoms with Gasteiger partial charge in [-0.1, -0.05) is 0 Å². The minimum atomic E-state index is -4.10. The SMILES string of the molecule is CN(C)c1ccc(N=Nc2ccc(S(=O)(=O)N=O)cc2)cc1. The van der Waals surface area contributed by atoms with Crippen LogP contribution >= 0.6 is 0 Å². The van der Waals surface area contributed by atoms with Gasteiger partial charge >= 0.3 is 10.0 Å². The first-order valence-corrected chi connectivity index (χ1v) is 7.75. The molecular weight excluding hydrogens is 304 g/mol. The van der Waals surface area contributed by atoms with Crippen molar-refractivity contribution in [2.75, 3.05) is 19.0 Å². The highest BCUT2D eigenvalue weighted by Crippen LogP contribution is 2.22. The average molecular weight is 318 g/mol. The molecule has 0 fully saturated rings. The summed E-state index contributed by atoms with van der Waals surface area (Å²) in [6.07, 6.45) is 0. The van der Waals surface area contributed by atoms with Crippen molar-refractivity contribution in [1.82, 2.24) is 0 Å². The third-order valence-corrected chi connectivity index (χ3v) is 3.94. The lowest BCUT2D eigenvalue weighted by Gasteiger charge is -2.11. The van der Waals surface area contributed by atoms with Gasteiger partial charge in [0.1, 0.15) is 0 Å². The van der Waals surface area contributed by atoms with E-state index < -0.39 is 10.0 Å². The second-order valence-electron chi connectivity index (χ2n) is 4.65. The van der Waals surface area contributed by atoms with Gasteiger partial charge in [-0.05, 0) is 48.5 Å². The summed E-state index contributed by atoms with van der Waals surface area (Å²) in [5, 5.41) is 8.07. The number of sulfonamides is 1. The summed E-state index contributed by atoms with van der Waals surface area (Å²) in [5.74, 6) is 0. The summed E-state index contributed by atoms with van der Waals surface area (Å²) in [6.45, 7) is 0. The topological polar surface area (TPSA) is 91.5 Å². The van der Waals surface area contributed by atoms with Crippen LogP contribution in [-0.4, -0.2) is 22.5 Å². The molecule has 7 nitrogen and oxygen atoms in total. The van der Waals surface area contributed by atoms with Crippen LogP contribution in [0, 0.1) is 4.91 Å². The maximum atomic E-state index is 11.2. The van der Waals surface area contributed by atoms with Crippen molar-refractivity contribution in [3.8, 4) is 0 Å². The number of rotatable bonds is 5. The van der Waals surface area contributed by atoms with Gasteiger partial charge in [-0.15, -0.1) is 4.91 Å². The second kappa shape index (κ2) is 6.44. The van der Waals surface area contributed by atoms with Gasteiger partial charge in [0.25, 0.3) is 0 Å². The molecule has 0 saturated heterocycles. The Morgan fingerprint density at radius 3 is 1.68 bits per heavy atom. The quantitative estimate of drug-likeness (QED) is 0.621. The molecule has 114 valence electrons. The fourth-order valence-electron chi connectivity index (χ4n) is 1.66. The molecule has 0 radical (unpaired) electrons. The third-order valence-electron chi connectivity index (χ3n) is 2.88. The first-order chi connectivity index (χ1) is 10.4. The number of hydrogen-bond acceptors (Lipinski definition) is 6. The zero-order valence-electron chi connectivity index (χ0n) is 12.0. The summed E-state index contributed by atoms with van der Waals surface area (Å²) in [5.41, 5.74) is 2.20. The van der Waals surface area contributed by atoms with Crippen molar-refractivity contribution in [3.05, 3.63) is 53.4 Å². The standard InChI is InChI=1S/C14H14N4O3S/c1-18(2)13-7-3-11(4-8-13)15-16-12-5-9-14(10-6-12)22(20,21)17-19/h3-10H,1-2H3. The normalized spacial score (nSPS) is 11.5. The Hall–Kier alpha value is -2.61. The van der Waals surface area contributed by atoms with Crippen molar-refractivity contribution >= 4 is 27.1 Å². The van der Waals surface area contributed by atoms with E-state index in [-0.39, 0.29) is 4.90 Å². The molecule has 0 unspecified atom stereocenters. The lowest BCUT2D eigenvalue weighted by Crippen LogP contribution is -2.07. The number of azo groups is 1. The van der Waals surface area contributed by atoms with Crippen molar-refractivity contribution < 1.29 is 8.42 Å². The van der Waals surface area contributed by atoms with E-state index in [0.717, 1.165) is 5.69 Å². The summed E-state index contributed by atoms with van der Waals surface area (Å²) in [7, 11) is -0.213. The molecule has 8 heteroatoms. The monoisotopic (exact) mass is 318 g/mol. The molecule has 22 heavy (non-hydrogen) atoms. The Morgan fingerprint density at radius 2 is 1.27 bits per heavy atom. The molecule has 0 aliphatic carbocycles. The lowest BCUT2D eigenvalue weighted by molar-refractivity contribution is 0.597. The molecule has 0 atom stereocenters. The van der Waals surface area contributed by atoms with Crippen LogP contribution < -0.4 is 4.90 Å². The van der Waals surface area contributed by atoms with Gasteiger partial charge in [0, 0.05) is 19.8 Å². The van der Waals surface area contributed by atoms with Crippen LogP contribution in [0.1, 0.15) is 0 Å². The average Bonchev–Trinajstić information content (AvgIpc) is 2.53. The molecule has 2 aromatic rings. The van der Waals surface area contributed by atoms with E-state index in [1.807, 2.05) is 43.3 Å². The Kier molecular flexibility index (Phi) is 4.62. The van der Waals surface area contributed by atoms with Crippen LogP contribution in [0.25, 0.3) is 0 Å². The van der Waals surface area contributed by atoms with Gasteiger partial charge in [-0.3, -0.25) is 0 Å². The van der Waals surface area contributed by atoms with E-state index in [0.29, 0.717) is 11.4 Å². The maximum absolute atomic E-state index is 11.2. The minimum absolute atomic E-state index is 0.170. The van der Waals surface area contributed by atoms with Crippen LogP contribution in [0.15, 0.2) is 68.2 Å². The molecule has 2 aromatic carbocycles. The van der Waals surface area contributed by atoms with E-state index in [1.54, 1.807) is 0 Å². The van der Waals surface area contributed by atoms with Gasteiger partial charge in [0.05, 0.1) is 20.9 Å². The summed E-state index contributed by atoms with van der Waals surface area (Å²) < 4.78 is 24.6. The summed E-state index contributed by atoms with van der Waals surface area (Å²) in [4.78, 5) is 12.0. The van der Waals surface area contributed by atoms with Crippen LogP contribution in [0.4, 0.5) is 17.1 Å². The zero-order valence-corrected chi connectivity index (χ0v) is 12.9. The Balaban J connectivity index is 2.15.